The van der Waals surface area contributed by atoms with Crippen molar-refractivity contribution in [2.75, 3.05) is 7.05 Å². The molecule has 1 spiro atoms. The van der Waals surface area contributed by atoms with Gasteiger partial charge in [-0.05, 0) is 53.7 Å². The zero-order valence-corrected chi connectivity index (χ0v) is 13.8. The average Bonchev–Trinajstić information content (AvgIpc) is 3.03. The van der Waals surface area contributed by atoms with Crippen molar-refractivity contribution in [3.63, 3.8) is 0 Å². The molecule has 1 aromatic carbocycles. The Hall–Kier alpha value is -0.940. The van der Waals surface area contributed by atoms with Crippen LogP contribution in [-0.4, -0.2) is 23.0 Å². The van der Waals surface area contributed by atoms with Crippen molar-refractivity contribution in [1.29, 1.82) is 0 Å². The number of nitrogens with zero attached hydrogens (tertiary/aromatic N) is 1. The van der Waals surface area contributed by atoms with E-state index in [1.54, 1.807) is 11.9 Å². The number of rotatable bonds is 0. The monoisotopic (exact) mass is 350 g/mol. The van der Waals surface area contributed by atoms with E-state index in [0.29, 0.717) is 11.0 Å². The van der Waals surface area contributed by atoms with Crippen LogP contribution in [0.3, 0.4) is 0 Å². The third-order valence-corrected chi connectivity index (χ3v) is 6.09. The molecule has 2 aliphatic carbocycles. The molecule has 2 fully saturated rings. The number of amides is 1. The molecule has 3 aliphatic rings. The number of carbonyl (C=O) groups is 1. The van der Waals surface area contributed by atoms with Gasteiger partial charge in [0.1, 0.15) is 5.54 Å². The van der Waals surface area contributed by atoms with E-state index in [0.717, 1.165) is 22.9 Å². The second kappa shape index (κ2) is 3.63. The molecule has 5 heteroatoms. The summed E-state index contributed by atoms with van der Waals surface area (Å²) in [7, 11) is 1.76. The Bertz CT molecular complexity index is 676. The highest BCUT2D eigenvalue weighted by atomic mass is 79.9. The maximum atomic E-state index is 12.9. The molecule has 1 amide bonds. The molecule has 1 N–H and O–H groups in total. The highest BCUT2D eigenvalue weighted by Crippen LogP contribution is 2.67. The van der Waals surface area contributed by atoms with Crippen LogP contribution in [0.25, 0.3) is 0 Å². The fourth-order valence-electron chi connectivity index (χ4n) is 4.05. The Morgan fingerprint density at radius 2 is 2.25 bits per heavy atom. The predicted molar refractivity (Wildman–Crippen MR) is 84.2 cm³/mol. The molecule has 104 valence electrons. The summed E-state index contributed by atoms with van der Waals surface area (Å²) in [6, 6.07) is 6.28. The van der Waals surface area contributed by atoms with Crippen LogP contribution in [0.2, 0.25) is 0 Å². The summed E-state index contributed by atoms with van der Waals surface area (Å²) in [5, 5.41) is 3.89. The van der Waals surface area contributed by atoms with Crippen molar-refractivity contribution in [3.8, 4) is 0 Å². The molecule has 1 saturated heterocycles. The Morgan fingerprint density at radius 3 is 2.90 bits per heavy atom. The van der Waals surface area contributed by atoms with Gasteiger partial charge in [0, 0.05) is 17.4 Å². The van der Waals surface area contributed by atoms with E-state index in [1.165, 1.54) is 5.56 Å². The number of benzene rings is 1. The third-order valence-electron chi connectivity index (χ3n) is 5.22. The van der Waals surface area contributed by atoms with Crippen LogP contribution in [0.1, 0.15) is 24.5 Å². The largest absolute Gasteiger partial charge is 0.344 e. The smallest absolute Gasteiger partial charge is 0.259 e. The maximum Gasteiger partial charge on any atom is 0.259 e. The number of hydrogen-bond acceptors (Lipinski definition) is 2. The van der Waals surface area contributed by atoms with Crippen LogP contribution in [0, 0.1) is 11.3 Å². The molecule has 0 aromatic heterocycles. The first-order valence-electron chi connectivity index (χ1n) is 6.78. The van der Waals surface area contributed by atoms with Gasteiger partial charge in [-0.3, -0.25) is 9.69 Å². The Morgan fingerprint density at radius 1 is 1.50 bits per heavy atom. The number of hydrogen-bond donors (Lipinski definition) is 1. The fraction of sp³-hybridized carbons (Fsp3) is 0.467. The predicted octanol–water partition coefficient (Wildman–Crippen LogP) is 2.57. The summed E-state index contributed by atoms with van der Waals surface area (Å²) in [5.74, 6) is 0.433. The molecule has 1 heterocycles. The van der Waals surface area contributed by atoms with Crippen LogP contribution in [-0.2, 0) is 16.8 Å². The molecular formula is C15H15BrN2OS. The number of thiocarbonyl (C=S) groups is 1. The molecule has 1 aromatic rings. The topological polar surface area (TPSA) is 32.3 Å². The van der Waals surface area contributed by atoms with Crippen LogP contribution in [0.5, 0.6) is 0 Å². The maximum absolute atomic E-state index is 12.9. The fourth-order valence-corrected chi connectivity index (χ4v) is 4.66. The van der Waals surface area contributed by atoms with Crippen LogP contribution >= 0.6 is 28.1 Å². The van der Waals surface area contributed by atoms with Gasteiger partial charge in [0.25, 0.3) is 5.91 Å². The number of nitrogens with one attached hydrogen (secondary N) is 1. The van der Waals surface area contributed by atoms with Gasteiger partial charge in [0.15, 0.2) is 5.11 Å². The van der Waals surface area contributed by atoms with E-state index >= 15 is 0 Å². The highest BCUT2D eigenvalue weighted by molar-refractivity contribution is 9.10. The van der Waals surface area contributed by atoms with E-state index in [4.69, 9.17) is 12.2 Å². The molecule has 20 heavy (non-hydrogen) atoms. The minimum atomic E-state index is -0.641. The SMILES string of the molecule is CN1C(=O)C2(NC1=S)c1cc(Br)ccc1CC1(C)CC12. The number of likely N-dealkylation sites (N-methyl/N-ethyl adjacent to an activating group) is 1. The van der Waals surface area contributed by atoms with Crippen molar-refractivity contribution in [2.45, 2.75) is 25.3 Å². The summed E-state index contributed by atoms with van der Waals surface area (Å²) in [5.41, 5.74) is 1.95. The molecule has 3 nitrogen and oxygen atoms in total. The molecule has 0 bridgehead atoms. The molecule has 4 rings (SSSR count). The molecule has 3 atom stereocenters. The Kier molecular flexibility index (Phi) is 2.32. The molecule has 1 saturated carbocycles. The first kappa shape index (κ1) is 12.8. The second-order valence-corrected chi connectivity index (χ2v) is 7.79. The first-order chi connectivity index (χ1) is 9.38. The quantitative estimate of drug-likeness (QED) is 0.730. The van der Waals surface area contributed by atoms with Gasteiger partial charge in [-0.2, -0.15) is 0 Å². The molecule has 1 aliphatic heterocycles. The van der Waals surface area contributed by atoms with E-state index < -0.39 is 5.54 Å². The minimum absolute atomic E-state index is 0.0928. The van der Waals surface area contributed by atoms with Gasteiger partial charge >= 0.3 is 0 Å². The van der Waals surface area contributed by atoms with Gasteiger partial charge in [-0.1, -0.05) is 28.9 Å². The zero-order chi connectivity index (χ0) is 14.3. The Balaban J connectivity index is 1.98. The summed E-state index contributed by atoms with van der Waals surface area (Å²) < 4.78 is 1.01. The lowest BCUT2D eigenvalue weighted by Gasteiger charge is -2.36. The van der Waals surface area contributed by atoms with Crippen molar-refractivity contribution < 1.29 is 4.79 Å². The standard InChI is InChI=1S/C15H15BrN2OS/c1-14-6-8-3-4-9(16)5-10(8)15(11(14)7-14)12(19)18(2)13(20)17-15/h3-5,11H,6-7H2,1-2H3,(H,17,20). The molecule has 0 radical (unpaired) electrons. The number of halogens is 1. The van der Waals surface area contributed by atoms with Crippen LogP contribution in [0.15, 0.2) is 22.7 Å². The Labute approximate surface area is 131 Å². The summed E-state index contributed by atoms with van der Waals surface area (Å²) in [4.78, 5) is 14.5. The summed E-state index contributed by atoms with van der Waals surface area (Å²) in [6.07, 6.45) is 2.13. The summed E-state index contributed by atoms with van der Waals surface area (Å²) in [6.45, 7) is 2.28. The minimum Gasteiger partial charge on any atom is -0.344 e. The molecule has 3 unspecified atom stereocenters. The second-order valence-electron chi connectivity index (χ2n) is 6.49. The van der Waals surface area contributed by atoms with E-state index in [9.17, 15) is 4.79 Å². The van der Waals surface area contributed by atoms with Crippen molar-refractivity contribution in [2.24, 2.45) is 11.3 Å². The van der Waals surface area contributed by atoms with Gasteiger partial charge in [0.2, 0.25) is 0 Å². The van der Waals surface area contributed by atoms with Crippen molar-refractivity contribution in [3.05, 3.63) is 33.8 Å². The normalized spacial score (nSPS) is 37.8. The van der Waals surface area contributed by atoms with Gasteiger partial charge in [-0.25, -0.2) is 0 Å². The van der Waals surface area contributed by atoms with Crippen LogP contribution in [0.4, 0.5) is 0 Å². The third kappa shape index (κ3) is 1.35. The number of carbonyl (C=O) groups excluding carboxylic acids is 1. The number of fused-ring (bicyclic) bond motifs is 4. The summed E-state index contributed by atoms with van der Waals surface area (Å²) >= 11 is 8.86. The van der Waals surface area contributed by atoms with Gasteiger partial charge in [0.05, 0.1) is 0 Å². The zero-order valence-electron chi connectivity index (χ0n) is 11.4. The lowest BCUT2D eigenvalue weighted by atomic mass is 9.72. The lowest BCUT2D eigenvalue weighted by molar-refractivity contribution is -0.132. The lowest BCUT2D eigenvalue weighted by Crippen LogP contribution is -2.50. The first-order valence-corrected chi connectivity index (χ1v) is 7.98. The van der Waals surface area contributed by atoms with Crippen molar-refractivity contribution in [1.82, 2.24) is 10.2 Å². The van der Waals surface area contributed by atoms with E-state index in [-0.39, 0.29) is 11.3 Å². The van der Waals surface area contributed by atoms with Crippen molar-refractivity contribution >= 4 is 39.2 Å². The van der Waals surface area contributed by atoms with E-state index in [2.05, 4.69) is 46.4 Å². The molecular weight excluding hydrogens is 336 g/mol. The van der Waals surface area contributed by atoms with Gasteiger partial charge in [-0.15, -0.1) is 0 Å². The average molecular weight is 351 g/mol. The van der Waals surface area contributed by atoms with E-state index in [1.807, 2.05) is 0 Å². The van der Waals surface area contributed by atoms with Crippen LogP contribution < -0.4 is 5.32 Å². The highest BCUT2D eigenvalue weighted by Gasteiger charge is 2.70. The van der Waals surface area contributed by atoms with Gasteiger partial charge < -0.3 is 5.32 Å².